The smallest absolute Gasteiger partial charge is 0.127 e. The second kappa shape index (κ2) is 9.14. The minimum absolute atomic E-state index is 0.0818. The molecule has 2 unspecified atom stereocenters. The van der Waals surface area contributed by atoms with Gasteiger partial charge in [0.05, 0.1) is 0 Å². The highest BCUT2D eigenvalue weighted by atomic mass is 16.5. The van der Waals surface area contributed by atoms with Crippen LogP contribution in [0, 0.1) is 12.8 Å². The van der Waals surface area contributed by atoms with Crippen LogP contribution < -0.4 is 9.47 Å². The Bertz CT molecular complexity index is 849. The van der Waals surface area contributed by atoms with Crippen LogP contribution in [0.5, 0.6) is 11.5 Å². The maximum atomic E-state index is 6.30. The number of benzene rings is 2. The lowest BCUT2D eigenvalue weighted by Gasteiger charge is -2.23. The van der Waals surface area contributed by atoms with Crippen LogP contribution in [-0.4, -0.2) is 6.10 Å². The number of allylic oxidation sites excluding steroid dienone is 3. The summed E-state index contributed by atoms with van der Waals surface area (Å²) >= 11 is 0. The lowest BCUT2D eigenvalue weighted by atomic mass is 9.90. The minimum atomic E-state index is 0.0818. The maximum absolute atomic E-state index is 6.30. The summed E-state index contributed by atoms with van der Waals surface area (Å²) in [5, 5.41) is 0. The molecule has 0 bridgehead atoms. The number of ether oxygens (including phenoxy) is 2. The SMILES string of the molecule is Cc1cccc(OC2=CC(Oc3cccc(CC4C=CCCC4)c3)CCC2)c1. The first-order valence-electron chi connectivity index (χ1n) is 10.6. The van der Waals surface area contributed by atoms with E-state index < -0.39 is 0 Å². The largest absolute Gasteiger partial charge is 0.486 e. The van der Waals surface area contributed by atoms with Crippen LogP contribution >= 0.6 is 0 Å². The molecular weight excluding hydrogens is 344 g/mol. The predicted octanol–water partition coefficient (Wildman–Crippen LogP) is 6.79. The highest BCUT2D eigenvalue weighted by molar-refractivity contribution is 5.31. The molecule has 0 saturated carbocycles. The summed E-state index contributed by atoms with van der Waals surface area (Å²) in [6.45, 7) is 2.09. The molecule has 146 valence electrons. The fraction of sp³-hybridized carbons (Fsp3) is 0.385. The average molecular weight is 375 g/mol. The molecule has 0 radical (unpaired) electrons. The van der Waals surface area contributed by atoms with E-state index in [0.29, 0.717) is 5.92 Å². The van der Waals surface area contributed by atoms with E-state index in [1.165, 1.54) is 30.4 Å². The zero-order valence-corrected chi connectivity index (χ0v) is 16.8. The molecule has 0 fully saturated rings. The predicted molar refractivity (Wildman–Crippen MR) is 115 cm³/mol. The van der Waals surface area contributed by atoms with E-state index in [9.17, 15) is 0 Å². The molecule has 0 aromatic heterocycles. The van der Waals surface area contributed by atoms with Gasteiger partial charge in [0.25, 0.3) is 0 Å². The Morgan fingerprint density at radius 2 is 1.86 bits per heavy atom. The van der Waals surface area contributed by atoms with Crippen LogP contribution in [0.3, 0.4) is 0 Å². The molecule has 0 saturated heterocycles. The van der Waals surface area contributed by atoms with Gasteiger partial charge in [0.1, 0.15) is 23.4 Å². The Morgan fingerprint density at radius 3 is 2.71 bits per heavy atom. The first-order valence-corrected chi connectivity index (χ1v) is 10.6. The van der Waals surface area contributed by atoms with Crippen molar-refractivity contribution in [2.75, 3.05) is 0 Å². The van der Waals surface area contributed by atoms with Crippen molar-refractivity contribution in [3.63, 3.8) is 0 Å². The van der Waals surface area contributed by atoms with Crippen LogP contribution in [0.2, 0.25) is 0 Å². The van der Waals surface area contributed by atoms with Crippen molar-refractivity contribution in [1.82, 2.24) is 0 Å². The zero-order valence-electron chi connectivity index (χ0n) is 16.8. The van der Waals surface area contributed by atoms with E-state index >= 15 is 0 Å². The molecule has 4 rings (SSSR count). The van der Waals surface area contributed by atoms with Crippen LogP contribution in [0.4, 0.5) is 0 Å². The number of hydrogen-bond donors (Lipinski definition) is 0. The van der Waals surface area contributed by atoms with Crippen LogP contribution in [0.15, 0.2) is 72.5 Å². The van der Waals surface area contributed by atoms with E-state index in [1.807, 2.05) is 12.1 Å². The van der Waals surface area contributed by atoms with Gasteiger partial charge in [-0.2, -0.15) is 0 Å². The van der Waals surface area contributed by atoms with Crippen molar-refractivity contribution in [1.29, 1.82) is 0 Å². The second-order valence-electron chi connectivity index (χ2n) is 8.07. The third kappa shape index (κ3) is 5.28. The molecule has 2 aromatic rings. The van der Waals surface area contributed by atoms with Gasteiger partial charge in [0.15, 0.2) is 0 Å². The Morgan fingerprint density at radius 1 is 0.964 bits per heavy atom. The van der Waals surface area contributed by atoms with Gasteiger partial charge in [-0.25, -0.2) is 0 Å². The molecule has 0 aliphatic heterocycles. The Balaban J connectivity index is 1.39. The molecule has 28 heavy (non-hydrogen) atoms. The summed E-state index contributed by atoms with van der Waals surface area (Å²) < 4.78 is 12.4. The summed E-state index contributed by atoms with van der Waals surface area (Å²) in [6.07, 6.45) is 15.0. The van der Waals surface area contributed by atoms with Gasteiger partial charge in [0, 0.05) is 6.42 Å². The van der Waals surface area contributed by atoms with Crippen molar-refractivity contribution in [2.45, 2.75) is 58.0 Å². The summed E-state index contributed by atoms with van der Waals surface area (Å²) in [5.41, 5.74) is 2.58. The standard InChI is InChI=1S/C26H30O2/c1-20-8-5-12-23(16-20)27-25-14-7-15-26(19-25)28-24-13-6-11-22(18-24)17-21-9-3-2-4-10-21/h3,5-6,8-9,11-13,16,18-19,21,26H,2,4,7,10,14-15,17H2,1H3. The highest BCUT2D eigenvalue weighted by Crippen LogP contribution is 2.27. The van der Waals surface area contributed by atoms with Gasteiger partial charge < -0.3 is 9.47 Å². The Labute approximate surface area is 168 Å². The van der Waals surface area contributed by atoms with Gasteiger partial charge in [0.2, 0.25) is 0 Å². The number of rotatable bonds is 6. The first-order chi connectivity index (χ1) is 13.7. The van der Waals surface area contributed by atoms with Crippen molar-refractivity contribution in [3.8, 4) is 11.5 Å². The van der Waals surface area contributed by atoms with Gasteiger partial charge in [-0.1, -0.05) is 36.4 Å². The minimum Gasteiger partial charge on any atom is -0.486 e. The van der Waals surface area contributed by atoms with Crippen LogP contribution in [0.1, 0.15) is 49.7 Å². The van der Waals surface area contributed by atoms with Crippen molar-refractivity contribution >= 4 is 0 Å². The quantitative estimate of drug-likeness (QED) is 0.518. The first kappa shape index (κ1) is 18.9. The van der Waals surface area contributed by atoms with E-state index in [4.69, 9.17) is 9.47 Å². The maximum Gasteiger partial charge on any atom is 0.127 e. The Hall–Kier alpha value is -2.48. The fourth-order valence-corrected chi connectivity index (χ4v) is 4.14. The molecule has 0 heterocycles. The highest BCUT2D eigenvalue weighted by Gasteiger charge is 2.17. The Kier molecular flexibility index (Phi) is 6.16. The van der Waals surface area contributed by atoms with Crippen LogP contribution in [0.25, 0.3) is 0 Å². The van der Waals surface area contributed by atoms with Gasteiger partial charge in [-0.15, -0.1) is 0 Å². The molecular formula is C26H30O2. The monoisotopic (exact) mass is 374 g/mol. The van der Waals surface area contributed by atoms with E-state index in [2.05, 4.69) is 61.5 Å². The normalized spacial score (nSPS) is 21.8. The summed E-state index contributed by atoms with van der Waals surface area (Å²) in [6, 6.07) is 16.8. The van der Waals surface area contributed by atoms with E-state index in [1.54, 1.807) is 0 Å². The van der Waals surface area contributed by atoms with Gasteiger partial charge in [-0.05, 0) is 92.8 Å². The summed E-state index contributed by atoms with van der Waals surface area (Å²) in [4.78, 5) is 0. The fourth-order valence-electron chi connectivity index (χ4n) is 4.14. The molecule has 2 atom stereocenters. The van der Waals surface area contributed by atoms with Crippen LogP contribution in [-0.2, 0) is 6.42 Å². The third-order valence-electron chi connectivity index (χ3n) is 5.56. The topological polar surface area (TPSA) is 18.5 Å². The molecule has 0 N–H and O–H groups in total. The molecule has 2 aromatic carbocycles. The lowest BCUT2D eigenvalue weighted by Crippen LogP contribution is -2.19. The van der Waals surface area contributed by atoms with Crippen molar-refractivity contribution in [3.05, 3.63) is 83.6 Å². The molecule has 2 aliphatic carbocycles. The molecule has 2 nitrogen and oxygen atoms in total. The zero-order chi connectivity index (χ0) is 19.2. The average Bonchev–Trinajstić information content (AvgIpc) is 2.69. The van der Waals surface area contributed by atoms with E-state index in [0.717, 1.165) is 42.9 Å². The molecule has 0 spiro atoms. The van der Waals surface area contributed by atoms with E-state index in [-0.39, 0.29) is 6.10 Å². The lowest BCUT2D eigenvalue weighted by molar-refractivity contribution is 0.214. The molecule has 0 amide bonds. The second-order valence-corrected chi connectivity index (χ2v) is 8.07. The number of hydrogen-bond acceptors (Lipinski definition) is 2. The third-order valence-corrected chi connectivity index (χ3v) is 5.56. The van der Waals surface area contributed by atoms with Crippen molar-refractivity contribution < 1.29 is 9.47 Å². The van der Waals surface area contributed by atoms with Gasteiger partial charge >= 0.3 is 0 Å². The van der Waals surface area contributed by atoms with Gasteiger partial charge in [-0.3, -0.25) is 0 Å². The molecule has 2 heteroatoms. The molecule has 2 aliphatic rings. The summed E-state index contributed by atoms with van der Waals surface area (Å²) in [5.74, 6) is 3.57. The van der Waals surface area contributed by atoms with Crippen molar-refractivity contribution in [2.24, 2.45) is 5.92 Å². The summed E-state index contributed by atoms with van der Waals surface area (Å²) in [7, 11) is 0. The number of aryl methyl sites for hydroxylation is 1.